The van der Waals surface area contributed by atoms with Crippen LogP contribution in [0.25, 0.3) is 0 Å². The average molecular weight is 151 g/mol. The Bertz CT molecular complexity index is 237. The Morgan fingerprint density at radius 3 is 3.00 bits per heavy atom. The van der Waals surface area contributed by atoms with Crippen molar-refractivity contribution >= 4 is 0 Å². The third-order valence-electron chi connectivity index (χ3n) is 2.10. The second-order valence-corrected chi connectivity index (χ2v) is 3.18. The molecule has 1 heterocycles. The molecule has 11 heavy (non-hydrogen) atoms. The molecule has 0 amide bonds. The molecule has 2 rings (SSSR count). The lowest BCUT2D eigenvalue weighted by Gasteiger charge is -1.99. The van der Waals surface area contributed by atoms with Crippen molar-refractivity contribution in [3.05, 3.63) is 23.7 Å². The van der Waals surface area contributed by atoms with Crippen LogP contribution in [0.1, 0.15) is 24.2 Å². The van der Waals surface area contributed by atoms with Gasteiger partial charge in [0.25, 0.3) is 0 Å². The number of furan rings is 1. The molecule has 0 aromatic carbocycles. The van der Waals surface area contributed by atoms with Crippen LogP contribution in [0.3, 0.4) is 0 Å². The zero-order chi connectivity index (χ0) is 7.68. The third-order valence-corrected chi connectivity index (χ3v) is 2.10. The fraction of sp³-hybridized carbons (Fsp3) is 0.556. The highest BCUT2D eigenvalue weighted by molar-refractivity contribution is 5.14. The summed E-state index contributed by atoms with van der Waals surface area (Å²) in [7, 11) is 0. The van der Waals surface area contributed by atoms with E-state index in [1.807, 2.05) is 6.07 Å². The summed E-state index contributed by atoms with van der Waals surface area (Å²) < 4.78 is 5.28. The largest absolute Gasteiger partial charge is 0.468 e. The van der Waals surface area contributed by atoms with Gasteiger partial charge in [-0.25, -0.2) is 0 Å². The van der Waals surface area contributed by atoms with Crippen molar-refractivity contribution in [1.29, 1.82) is 0 Å². The van der Waals surface area contributed by atoms with E-state index in [4.69, 9.17) is 4.42 Å². The second kappa shape index (κ2) is 2.70. The number of aryl methyl sites for hydroxylation is 1. The molecule has 0 unspecified atom stereocenters. The molecule has 1 aliphatic carbocycles. The van der Waals surface area contributed by atoms with Crippen molar-refractivity contribution in [1.82, 2.24) is 5.32 Å². The van der Waals surface area contributed by atoms with E-state index < -0.39 is 0 Å². The van der Waals surface area contributed by atoms with Gasteiger partial charge in [0.05, 0.1) is 12.8 Å². The summed E-state index contributed by atoms with van der Waals surface area (Å²) >= 11 is 0. The monoisotopic (exact) mass is 151 g/mol. The molecule has 1 saturated carbocycles. The molecule has 1 aromatic rings. The van der Waals surface area contributed by atoms with E-state index in [2.05, 4.69) is 12.2 Å². The van der Waals surface area contributed by atoms with Crippen molar-refractivity contribution < 1.29 is 4.42 Å². The van der Waals surface area contributed by atoms with Crippen LogP contribution in [0, 0.1) is 6.92 Å². The maximum absolute atomic E-state index is 5.28. The summed E-state index contributed by atoms with van der Waals surface area (Å²) in [5.41, 5.74) is 1.25. The minimum atomic E-state index is 0.763. The Morgan fingerprint density at radius 2 is 2.45 bits per heavy atom. The third kappa shape index (κ3) is 1.63. The molecular formula is C9H13NO. The molecule has 2 heteroatoms. The number of hydrogen-bond donors (Lipinski definition) is 1. The molecule has 0 bridgehead atoms. The number of nitrogens with one attached hydrogen (secondary N) is 1. The van der Waals surface area contributed by atoms with Crippen molar-refractivity contribution in [2.45, 2.75) is 32.4 Å². The summed E-state index contributed by atoms with van der Waals surface area (Å²) in [4.78, 5) is 0. The van der Waals surface area contributed by atoms with Crippen LogP contribution in [0.5, 0.6) is 0 Å². The molecule has 1 aromatic heterocycles. The molecule has 0 atom stereocenters. The van der Waals surface area contributed by atoms with E-state index in [-0.39, 0.29) is 0 Å². The van der Waals surface area contributed by atoms with Crippen molar-refractivity contribution in [2.24, 2.45) is 0 Å². The molecule has 0 saturated heterocycles. The highest BCUT2D eigenvalue weighted by atomic mass is 16.3. The lowest BCUT2D eigenvalue weighted by molar-refractivity contribution is 0.479. The minimum absolute atomic E-state index is 0.763. The molecule has 1 N–H and O–H groups in total. The first-order valence-corrected chi connectivity index (χ1v) is 4.12. The normalized spacial score (nSPS) is 17.2. The van der Waals surface area contributed by atoms with Gasteiger partial charge in [-0.15, -0.1) is 0 Å². The highest BCUT2D eigenvalue weighted by Crippen LogP contribution is 2.19. The van der Waals surface area contributed by atoms with E-state index in [0.29, 0.717) is 0 Å². The summed E-state index contributed by atoms with van der Waals surface area (Å²) in [6, 6.07) is 2.77. The van der Waals surface area contributed by atoms with Crippen LogP contribution >= 0.6 is 0 Å². The topological polar surface area (TPSA) is 25.2 Å². The summed E-state index contributed by atoms with van der Waals surface area (Å²) in [5.74, 6) is 1.08. The van der Waals surface area contributed by atoms with Crippen LogP contribution in [-0.4, -0.2) is 6.04 Å². The first kappa shape index (κ1) is 6.92. The quantitative estimate of drug-likeness (QED) is 0.713. The molecule has 0 aliphatic heterocycles. The summed E-state index contributed by atoms with van der Waals surface area (Å²) in [6.45, 7) is 2.97. The predicted molar refractivity (Wildman–Crippen MR) is 43.3 cm³/mol. The first-order valence-electron chi connectivity index (χ1n) is 4.12. The van der Waals surface area contributed by atoms with Crippen LogP contribution in [0.15, 0.2) is 16.7 Å². The van der Waals surface area contributed by atoms with Gasteiger partial charge in [-0.05, 0) is 31.4 Å². The number of rotatable bonds is 3. The van der Waals surface area contributed by atoms with Crippen LogP contribution in [0.4, 0.5) is 0 Å². The van der Waals surface area contributed by atoms with Gasteiger partial charge in [0.1, 0.15) is 5.76 Å². The minimum Gasteiger partial charge on any atom is -0.468 e. The molecule has 60 valence electrons. The van der Waals surface area contributed by atoms with Crippen LogP contribution in [0.2, 0.25) is 0 Å². The summed E-state index contributed by atoms with van der Waals surface area (Å²) in [6.07, 6.45) is 4.42. The molecule has 1 fully saturated rings. The Kier molecular flexibility index (Phi) is 1.70. The zero-order valence-electron chi connectivity index (χ0n) is 6.76. The molecule has 0 spiro atoms. The Balaban J connectivity index is 1.89. The van der Waals surface area contributed by atoms with Crippen LogP contribution < -0.4 is 5.32 Å². The van der Waals surface area contributed by atoms with E-state index >= 15 is 0 Å². The van der Waals surface area contributed by atoms with E-state index in [1.165, 1.54) is 18.4 Å². The fourth-order valence-electron chi connectivity index (χ4n) is 1.11. The fourth-order valence-corrected chi connectivity index (χ4v) is 1.11. The Labute approximate surface area is 66.6 Å². The second-order valence-electron chi connectivity index (χ2n) is 3.18. The Hall–Kier alpha value is -0.760. The van der Waals surface area contributed by atoms with Gasteiger partial charge in [0.2, 0.25) is 0 Å². The van der Waals surface area contributed by atoms with E-state index in [9.17, 15) is 0 Å². The maximum Gasteiger partial charge on any atom is 0.120 e. The number of hydrogen-bond acceptors (Lipinski definition) is 2. The first-order chi connectivity index (χ1) is 5.36. The SMILES string of the molecule is Cc1ccoc1CNC1CC1. The standard InChI is InChI=1S/C9H13NO/c1-7-4-5-11-9(7)6-10-8-2-3-8/h4-5,8,10H,2-3,6H2,1H3. The van der Waals surface area contributed by atoms with E-state index in [0.717, 1.165) is 18.3 Å². The molecule has 1 aliphatic rings. The zero-order valence-corrected chi connectivity index (χ0v) is 6.76. The van der Waals surface area contributed by atoms with Gasteiger partial charge in [0.15, 0.2) is 0 Å². The Morgan fingerprint density at radius 1 is 1.64 bits per heavy atom. The van der Waals surface area contributed by atoms with Gasteiger partial charge < -0.3 is 9.73 Å². The average Bonchev–Trinajstić information content (AvgIpc) is 2.73. The van der Waals surface area contributed by atoms with E-state index in [1.54, 1.807) is 6.26 Å². The van der Waals surface area contributed by atoms with Gasteiger partial charge in [0, 0.05) is 6.04 Å². The maximum atomic E-state index is 5.28. The molecular weight excluding hydrogens is 138 g/mol. The molecule has 0 radical (unpaired) electrons. The van der Waals surface area contributed by atoms with Gasteiger partial charge >= 0.3 is 0 Å². The highest BCUT2D eigenvalue weighted by Gasteiger charge is 2.20. The predicted octanol–water partition coefficient (Wildman–Crippen LogP) is 1.84. The van der Waals surface area contributed by atoms with Gasteiger partial charge in [-0.2, -0.15) is 0 Å². The van der Waals surface area contributed by atoms with Crippen molar-refractivity contribution in [3.63, 3.8) is 0 Å². The smallest absolute Gasteiger partial charge is 0.120 e. The van der Waals surface area contributed by atoms with Gasteiger partial charge in [-0.3, -0.25) is 0 Å². The van der Waals surface area contributed by atoms with Crippen LogP contribution in [-0.2, 0) is 6.54 Å². The summed E-state index contributed by atoms with van der Waals surface area (Å²) in [5, 5.41) is 3.41. The molecule has 2 nitrogen and oxygen atoms in total. The van der Waals surface area contributed by atoms with Gasteiger partial charge in [-0.1, -0.05) is 0 Å². The van der Waals surface area contributed by atoms with Crippen molar-refractivity contribution in [2.75, 3.05) is 0 Å². The lowest BCUT2D eigenvalue weighted by Crippen LogP contribution is -2.15. The lowest BCUT2D eigenvalue weighted by atomic mass is 10.3. The van der Waals surface area contributed by atoms with Crippen molar-refractivity contribution in [3.8, 4) is 0 Å².